The molecule has 0 heterocycles. The van der Waals surface area contributed by atoms with Crippen molar-refractivity contribution in [1.82, 2.24) is 5.43 Å². The van der Waals surface area contributed by atoms with E-state index in [0.717, 1.165) is 10.0 Å². The molecule has 0 saturated heterocycles. The number of carboxylic acid groups (broad SMARTS) is 1. The number of ether oxygens (including phenoxy) is 2. The normalized spacial score (nSPS) is 10.6. The van der Waals surface area contributed by atoms with E-state index in [2.05, 4.69) is 26.5 Å². The number of carbonyl (C=O) groups is 2. The van der Waals surface area contributed by atoms with Crippen molar-refractivity contribution < 1.29 is 24.2 Å². The molecule has 1 amide bonds. The molecule has 2 N–H and O–H groups in total. The molecule has 0 unspecified atom stereocenters. The topological polar surface area (TPSA) is 97.2 Å². The number of carboxylic acids is 1. The third-order valence-corrected chi connectivity index (χ3v) is 4.74. The third-order valence-electron chi connectivity index (χ3n) is 4.25. The van der Waals surface area contributed by atoms with Gasteiger partial charge in [-0.05, 0) is 59.7 Å². The lowest BCUT2D eigenvalue weighted by Gasteiger charge is -2.11. The van der Waals surface area contributed by atoms with Crippen LogP contribution < -0.4 is 14.9 Å². The number of nitrogens with one attached hydrogen (secondary N) is 1. The van der Waals surface area contributed by atoms with Crippen LogP contribution in [0.1, 0.15) is 31.8 Å². The molecule has 0 spiro atoms. The van der Waals surface area contributed by atoms with Crippen molar-refractivity contribution in [3.05, 3.63) is 93.5 Å². The zero-order valence-corrected chi connectivity index (χ0v) is 18.1. The molecule has 7 nitrogen and oxygen atoms in total. The molecule has 0 atom stereocenters. The van der Waals surface area contributed by atoms with Crippen LogP contribution in [0.25, 0.3) is 0 Å². The van der Waals surface area contributed by atoms with Crippen molar-refractivity contribution in [2.45, 2.75) is 6.61 Å². The van der Waals surface area contributed by atoms with E-state index in [-0.39, 0.29) is 18.1 Å². The maximum Gasteiger partial charge on any atom is 0.335 e. The van der Waals surface area contributed by atoms with E-state index in [0.29, 0.717) is 22.6 Å². The van der Waals surface area contributed by atoms with Crippen LogP contribution in [0.4, 0.5) is 0 Å². The summed E-state index contributed by atoms with van der Waals surface area (Å²) in [6.07, 6.45) is 1.51. The Morgan fingerprint density at radius 2 is 1.81 bits per heavy atom. The zero-order valence-electron chi connectivity index (χ0n) is 16.5. The summed E-state index contributed by atoms with van der Waals surface area (Å²) in [7, 11) is 1.53. The first kappa shape index (κ1) is 22.0. The van der Waals surface area contributed by atoms with Crippen LogP contribution in [0.3, 0.4) is 0 Å². The number of carbonyl (C=O) groups excluding carboxylic acids is 1. The highest BCUT2D eigenvalue weighted by Gasteiger charge is 2.08. The number of hydrogen-bond donors (Lipinski definition) is 2. The Balaban J connectivity index is 1.61. The highest BCUT2D eigenvalue weighted by molar-refractivity contribution is 9.10. The number of hydrogen-bond acceptors (Lipinski definition) is 5. The van der Waals surface area contributed by atoms with Crippen molar-refractivity contribution in [2.24, 2.45) is 5.10 Å². The Kier molecular flexibility index (Phi) is 7.40. The van der Waals surface area contributed by atoms with Crippen LogP contribution >= 0.6 is 15.9 Å². The summed E-state index contributed by atoms with van der Waals surface area (Å²) < 4.78 is 12.0. The minimum absolute atomic E-state index is 0.219. The minimum Gasteiger partial charge on any atom is -0.493 e. The average Bonchev–Trinajstić information content (AvgIpc) is 2.78. The van der Waals surface area contributed by atoms with E-state index in [1.165, 1.54) is 25.5 Å². The second-order valence-electron chi connectivity index (χ2n) is 6.41. The van der Waals surface area contributed by atoms with E-state index < -0.39 is 5.97 Å². The molecule has 0 bridgehead atoms. The fraction of sp³-hybridized carbons (Fsp3) is 0.0870. The first-order valence-corrected chi connectivity index (χ1v) is 9.97. The van der Waals surface area contributed by atoms with Gasteiger partial charge in [-0.15, -0.1) is 0 Å². The van der Waals surface area contributed by atoms with Gasteiger partial charge in [-0.2, -0.15) is 5.10 Å². The highest BCUT2D eigenvalue weighted by Crippen LogP contribution is 2.28. The minimum atomic E-state index is -0.973. The van der Waals surface area contributed by atoms with E-state index in [1.807, 2.05) is 6.07 Å². The SMILES string of the molecule is COc1cc(/C=N\NC(=O)c2cccc(Br)c2)ccc1OCc1ccc(C(=O)O)cc1. The van der Waals surface area contributed by atoms with Crippen molar-refractivity contribution in [3.8, 4) is 11.5 Å². The molecular formula is C23H19BrN2O5. The molecule has 31 heavy (non-hydrogen) atoms. The van der Waals surface area contributed by atoms with Crippen LogP contribution in [-0.2, 0) is 6.61 Å². The largest absolute Gasteiger partial charge is 0.493 e. The molecule has 0 fully saturated rings. The molecule has 8 heteroatoms. The van der Waals surface area contributed by atoms with Crippen LogP contribution in [0.15, 0.2) is 76.3 Å². The van der Waals surface area contributed by atoms with Gasteiger partial charge < -0.3 is 14.6 Å². The Labute approximate surface area is 187 Å². The van der Waals surface area contributed by atoms with Gasteiger partial charge in [0, 0.05) is 10.0 Å². The first-order valence-electron chi connectivity index (χ1n) is 9.18. The van der Waals surface area contributed by atoms with Gasteiger partial charge in [0.1, 0.15) is 6.61 Å². The van der Waals surface area contributed by atoms with Crippen LogP contribution in [0.5, 0.6) is 11.5 Å². The van der Waals surface area contributed by atoms with Gasteiger partial charge in [-0.1, -0.05) is 34.1 Å². The van der Waals surface area contributed by atoms with Crippen LogP contribution in [-0.4, -0.2) is 30.3 Å². The fourth-order valence-corrected chi connectivity index (χ4v) is 3.05. The van der Waals surface area contributed by atoms with Crippen molar-refractivity contribution in [2.75, 3.05) is 7.11 Å². The molecular weight excluding hydrogens is 464 g/mol. The highest BCUT2D eigenvalue weighted by atomic mass is 79.9. The smallest absolute Gasteiger partial charge is 0.335 e. The maximum absolute atomic E-state index is 12.1. The lowest BCUT2D eigenvalue weighted by molar-refractivity contribution is 0.0696. The number of aromatic carboxylic acids is 1. The van der Waals surface area contributed by atoms with E-state index in [1.54, 1.807) is 48.5 Å². The first-order chi connectivity index (χ1) is 15.0. The van der Waals surface area contributed by atoms with E-state index in [4.69, 9.17) is 14.6 Å². The van der Waals surface area contributed by atoms with Gasteiger partial charge in [0.25, 0.3) is 5.91 Å². The summed E-state index contributed by atoms with van der Waals surface area (Å²) >= 11 is 3.33. The molecule has 0 aliphatic rings. The Morgan fingerprint density at radius 3 is 2.48 bits per heavy atom. The summed E-state index contributed by atoms with van der Waals surface area (Å²) in [5.74, 6) is -0.262. The Bertz CT molecular complexity index is 1110. The lowest BCUT2D eigenvalue weighted by Crippen LogP contribution is -2.17. The predicted octanol–water partition coefficient (Wildman–Crippen LogP) is 4.50. The van der Waals surface area contributed by atoms with Gasteiger partial charge in [0.05, 0.1) is 18.9 Å². The number of benzene rings is 3. The quantitative estimate of drug-likeness (QED) is 0.363. The van der Waals surface area contributed by atoms with Gasteiger partial charge in [0.15, 0.2) is 11.5 Å². The average molecular weight is 483 g/mol. The molecule has 158 valence electrons. The second-order valence-corrected chi connectivity index (χ2v) is 7.33. The summed E-state index contributed by atoms with van der Waals surface area (Å²) in [5.41, 5.74) is 4.73. The van der Waals surface area contributed by atoms with Gasteiger partial charge in [-0.25, -0.2) is 10.2 Å². The summed E-state index contributed by atoms with van der Waals surface area (Å²) in [6, 6.07) is 18.7. The molecule has 0 radical (unpaired) electrons. The van der Waals surface area contributed by atoms with E-state index in [9.17, 15) is 9.59 Å². The molecule has 3 aromatic carbocycles. The zero-order chi connectivity index (χ0) is 22.2. The number of halogens is 1. The third kappa shape index (κ3) is 6.16. The van der Waals surface area contributed by atoms with Gasteiger partial charge in [-0.3, -0.25) is 4.79 Å². The van der Waals surface area contributed by atoms with Crippen molar-refractivity contribution in [3.63, 3.8) is 0 Å². The fourth-order valence-electron chi connectivity index (χ4n) is 2.65. The monoisotopic (exact) mass is 482 g/mol. The number of rotatable bonds is 8. The standard InChI is InChI=1S/C23H19BrN2O5/c1-30-21-11-16(13-25-26-22(27)18-3-2-4-19(24)12-18)7-10-20(21)31-14-15-5-8-17(9-6-15)23(28)29/h2-13H,14H2,1H3,(H,26,27)(H,28,29)/b25-13-. The molecule has 0 aliphatic carbocycles. The Hall–Kier alpha value is -3.65. The number of methoxy groups -OCH3 is 1. The van der Waals surface area contributed by atoms with Crippen LogP contribution in [0.2, 0.25) is 0 Å². The van der Waals surface area contributed by atoms with Gasteiger partial charge >= 0.3 is 5.97 Å². The van der Waals surface area contributed by atoms with Crippen LogP contribution in [0, 0.1) is 0 Å². The van der Waals surface area contributed by atoms with Crippen molar-refractivity contribution in [1.29, 1.82) is 0 Å². The molecule has 3 rings (SSSR count). The molecule has 3 aromatic rings. The Morgan fingerprint density at radius 1 is 1.03 bits per heavy atom. The lowest BCUT2D eigenvalue weighted by atomic mass is 10.1. The molecule has 0 aromatic heterocycles. The van der Waals surface area contributed by atoms with E-state index >= 15 is 0 Å². The van der Waals surface area contributed by atoms with Crippen molar-refractivity contribution >= 4 is 34.0 Å². The molecule has 0 aliphatic heterocycles. The van der Waals surface area contributed by atoms with Gasteiger partial charge in [0.2, 0.25) is 0 Å². The summed E-state index contributed by atoms with van der Waals surface area (Å²) in [5, 5.41) is 12.9. The summed E-state index contributed by atoms with van der Waals surface area (Å²) in [4.78, 5) is 23.0. The predicted molar refractivity (Wildman–Crippen MR) is 120 cm³/mol. The second kappa shape index (κ2) is 10.4. The molecule has 0 saturated carbocycles. The number of hydrazone groups is 1. The summed E-state index contributed by atoms with van der Waals surface area (Å²) in [6.45, 7) is 0.256. The maximum atomic E-state index is 12.1. The number of nitrogens with zero attached hydrogens (tertiary/aromatic N) is 1. The number of amides is 1.